The van der Waals surface area contributed by atoms with E-state index in [-0.39, 0.29) is 11.8 Å². The molecule has 1 N–H and O–H groups in total. The molecular weight excluding hydrogens is 436 g/mol. The normalized spacial score (nSPS) is 22.4. The Morgan fingerprint density at radius 3 is 2.34 bits per heavy atom. The second kappa shape index (κ2) is 11.7. The lowest BCUT2D eigenvalue weighted by Gasteiger charge is -2.35. The number of oxazole rings is 1. The van der Waals surface area contributed by atoms with Crippen LogP contribution in [-0.4, -0.2) is 60.0 Å². The first-order valence-electron chi connectivity index (χ1n) is 13.5. The number of nitrogens with zero attached hydrogens (tertiary/aromatic N) is 3. The molecule has 2 atom stereocenters. The summed E-state index contributed by atoms with van der Waals surface area (Å²) in [6.07, 6.45) is 4.20. The van der Waals surface area contributed by atoms with Crippen LogP contribution < -0.4 is 5.32 Å². The summed E-state index contributed by atoms with van der Waals surface area (Å²) >= 11 is 0. The molecule has 4 rings (SSSR count). The highest BCUT2D eigenvalue weighted by Gasteiger charge is 2.26. The lowest BCUT2D eigenvalue weighted by Crippen LogP contribution is -2.42. The quantitative estimate of drug-likeness (QED) is 0.541. The summed E-state index contributed by atoms with van der Waals surface area (Å²) in [7, 11) is 0. The van der Waals surface area contributed by atoms with Gasteiger partial charge in [-0.1, -0.05) is 31.0 Å². The van der Waals surface area contributed by atoms with E-state index in [0.29, 0.717) is 5.89 Å². The zero-order valence-electron chi connectivity index (χ0n) is 22.4. The highest BCUT2D eigenvalue weighted by atomic mass is 16.4. The fourth-order valence-corrected chi connectivity index (χ4v) is 5.99. The van der Waals surface area contributed by atoms with Crippen LogP contribution in [0.3, 0.4) is 0 Å². The van der Waals surface area contributed by atoms with E-state index < -0.39 is 0 Å². The first kappa shape index (κ1) is 25.9. The van der Waals surface area contributed by atoms with Crippen LogP contribution in [0.4, 0.5) is 0 Å². The van der Waals surface area contributed by atoms with E-state index in [4.69, 9.17) is 9.40 Å². The van der Waals surface area contributed by atoms with Crippen molar-refractivity contribution in [3.63, 3.8) is 0 Å². The van der Waals surface area contributed by atoms with E-state index in [0.717, 1.165) is 80.8 Å². The molecule has 2 aromatic rings. The van der Waals surface area contributed by atoms with Crippen LogP contribution in [0.1, 0.15) is 62.1 Å². The minimum Gasteiger partial charge on any atom is -0.441 e. The maximum atomic E-state index is 12.7. The number of carbonyl (C=O) groups excluding carboxylic acids is 1. The molecule has 35 heavy (non-hydrogen) atoms. The predicted octanol–water partition coefficient (Wildman–Crippen LogP) is 4.96. The van der Waals surface area contributed by atoms with Gasteiger partial charge in [0.05, 0.1) is 5.69 Å². The zero-order chi connectivity index (χ0) is 24.9. The number of rotatable bonds is 8. The molecule has 0 unspecified atom stereocenters. The van der Waals surface area contributed by atoms with Crippen molar-refractivity contribution in [2.24, 2.45) is 17.8 Å². The number of nitrogens with one attached hydrogen (secondary N) is 1. The van der Waals surface area contributed by atoms with Gasteiger partial charge in [-0.25, -0.2) is 4.98 Å². The Balaban J connectivity index is 1.19. The summed E-state index contributed by atoms with van der Waals surface area (Å²) in [4.78, 5) is 22.5. The lowest BCUT2D eigenvalue weighted by atomic mass is 9.92. The smallest absolute Gasteiger partial charge is 0.226 e. The van der Waals surface area contributed by atoms with Crippen molar-refractivity contribution in [2.45, 2.75) is 66.8 Å². The van der Waals surface area contributed by atoms with Crippen molar-refractivity contribution >= 4 is 5.91 Å². The standard InChI is InChI=1S/C29H44N4O2/c1-20-13-21(2)16-26(15-20)29-31-27(24(5)35-29)19-32-11-7-25(8-12-32)28(34)30-9-6-10-33-17-22(3)14-23(4)18-33/h13,15-16,22-23,25H,6-12,14,17-19H2,1-5H3,(H,30,34)/t22-,23+. The topological polar surface area (TPSA) is 61.6 Å². The third-order valence-corrected chi connectivity index (χ3v) is 7.59. The summed E-state index contributed by atoms with van der Waals surface area (Å²) in [5, 5.41) is 3.21. The molecule has 0 aliphatic carbocycles. The molecule has 2 saturated heterocycles. The van der Waals surface area contributed by atoms with E-state index in [9.17, 15) is 4.79 Å². The van der Waals surface area contributed by atoms with Gasteiger partial charge >= 0.3 is 0 Å². The first-order chi connectivity index (χ1) is 16.8. The molecule has 0 radical (unpaired) electrons. The molecule has 6 nitrogen and oxygen atoms in total. The number of aromatic nitrogens is 1. The van der Waals surface area contributed by atoms with Gasteiger partial charge in [0.2, 0.25) is 11.8 Å². The van der Waals surface area contributed by atoms with E-state index in [2.05, 4.69) is 61.0 Å². The number of carbonyl (C=O) groups is 1. The zero-order valence-corrected chi connectivity index (χ0v) is 22.4. The summed E-state index contributed by atoms with van der Waals surface area (Å²) in [6, 6.07) is 6.41. The third-order valence-electron chi connectivity index (χ3n) is 7.59. The number of likely N-dealkylation sites (tertiary alicyclic amines) is 2. The molecule has 1 aromatic heterocycles. The largest absolute Gasteiger partial charge is 0.441 e. The molecule has 3 heterocycles. The molecular formula is C29H44N4O2. The monoisotopic (exact) mass is 480 g/mol. The fourth-order valence-electron chi connectivity index (χ4n) is 5.99. The van der Waals surface area contributed by atoms with Crippen LogP contribution in [0.5, 0.6) is 0 Å². The number of benzene rings is 1. The van der Waals surface area contributed by atoms with Crippen molar-refractivity contribution in [1.29, 1.82) is 0 Å². The van der Waals surface area contributed by atoms with Gasteiger partial charge in [0, 0.05) is 37.7 Å². The Kier molecular flexibility index (Phi) is 8.66. The minimum absolute atomic E-state index is 0.130. The van der Waals surface area contributed by atoms with Gasteiger partial charge in [-0.3, -0.25) is 9.69 Å². The van der Waals surface area contributed by atoms with Gasteiger partial charge in [0.1, 0.15) is 5.76 Å². The fraction of sp³-hybridized carbons (Fsp3) is 0.655. The van der Waals surface area contributed by atoms with Gasteiger partial charge in [0.15, 0.2) is 0 Å². The number of hydrogen-bond acceptors (Lipinski definition) is 5. The second-order valence-electron chi connectivity index (χ2n) is 11.3. The van der Waals surface area contributed by atoms with Gasteiger partial charge < -0.3 is 14.6 Å². The van der Waals surface area contributed by atoms with Crippen molar-refractivity contribution in [1.82, 2.24) is 20.1 Å². The molecule has 2 aliphatic rings. The van der Waals surface area contributed by atoms with E-state index in [1.54, 1.807) is 0 Å². The van der Waals surface area contributed by atoms with Crippen molar-refractivity contribution in [3.05, 3.63) is 40.8 Å². The summed E-state index contributed by atoms with van der Waals surface area (Å²) in [5.41, 5.74) is 4.47. The summed E-state index contributed by atoms with van der Waals surface area (Å²) in [5.74, 6) is 3.53. The van der Waals surface area contributed by atoms with Crippen LogP contribution in [0.15, 0.2) is 22.6 Å². The van der Waals surface area contributed by atoms with Gasteiger partial charge in [0.25, 0.3) is 0 Å². The Hall–Kier alpha value is -2.18. The van der Waals surface area contributed by atoms with Gasteiger partial charge in [-0.15, -0.1) is 0 Å². The Bertz CT molecular complexity index is 962. The Morgan fingerprint density at radius 2 is 1.69 bits per heavy atom. The van der Waals surface area contributed by atoms with Crippen LogP contribution in [0.2, 0.25) is 0 Å². The highest BCUT2D eigenvalue weighted by Crippen LogP contribution is 2.26. The number of piperidine rings is 2. The SMILES string of the molecule is Cc1cc(C)cc(-c2nc(CN3CCC(C(=O)NCCCN4C[C@H](C)C[C@H](C)C4)CC3)c(C)o2)c1. The van der Waals surface area contributed by atoms with Gasteiger partial charge in [-0.2, -0.15) is 0 Å². The second-order valence-corrected chi connectivity index (χ2v) is 11.3. The lowest BCUT2D eigenvalue weighted by molar-refractivity contribution is -0.126. The van der Waals surface area contributed by atoms with Crippen LogP contribution in [0.25, 0.3) is 11.5 Å². The first-order valence-corrected chi connectivity index (χ1v) is 13.5. The molecule has 0 spiro atoms. The van der Waals surface area contributed by atoms with Crippen LogP contribution in [-0.2, 0) is 11.3 Å². The Labute approximate surface area is 211 Å². The minimum atomic E-state index is 0.130. The molecule has 6 heteroatoms. The molecule has 0 bridgehead atoms. The number of aryl methyl sites for hydroxylation is 3. The van der Waals surface area contributed by atoms with E-state index in [1.807, 2.05) is 6.92 Å². The maximum Gasteiger partial charge on any atom is 0.226 e. The summed E-state index contributed by atoms with van der Waals surface area (Å²) < 4.78 is 6.02. The van der Waals surface area contributed by atoms with Crippen molar-refractivity contribution in [3.8, 4) is 11.5 Å². The molecule has 0 saturated carbocycles. The molecule has 192 valence electrons. The molecule has 1 amide bonds. The van der Waals surface area contributed by atoms with Crippen LogP contribution in [0, 0.1) is 38.5 Å². The Morgan fingerprint density at radius 1 is 1.03 bits per heavy atom. The molecule has 2 aliphatic heterocycles. The average molecular weight is 481 g/mol. The van der Waals surface area contributed by atoms with Crippen molar-refractivity contribution < 1.29 is 9.21 Å². The van der Waals surface area contributed by atoms with E-state index >= 15 is 0 Å². The van der Waals surface area contributed by atoms with Crippen LogP contribution >= 0.6 is 0 Å². The summed E-state index contributed by atoms with van der Waals surface area (Å²) in [6.45, 7) is 17.8. The van der Waals surface area contributed by atoms with E-state index in [1.165, 1.54) is 30.6 Å². The number of amides is 1. The molecule has 2 fully saturated rings. The highest BCUT2D eigenvalue weighted by molar-refractivity contribution is 5.78. The maximum absolute atomic E-state index is 12.7. The van der Waals surface area contributed by atoms with Crippen molar-refractivity contribution in [2.75, 3.05) is 39.3 Å². The molecule has 1 aromatic carbocycles. The number of hydrogen-bond donors (Lipinski definition) is 1. The van der Waals surface area contributed by atoms with Gasteiger partial charge in [-0.05, 0) is 90.1 Å². The average Bonchev–Trinajstić information content (AvgIpc) is 3.16. The third kappa shape index (κ3) is 7.17. The predicted molar refractivity (Wildman–Crippen MR) is 141 cm³/mol.